The topological polar surface area (TPSA) is 0 Å². The Kier molecular flexibility index (Phi) is 6.22. The van der Waals surface area contributed by atoms with Gasteiger partial charge in [0.2, 0.25) is 0 Å². The summed E-state index contributed by atoms with van der Waals surface area (Å²) in [4.78, 5) is 0. The van der Waals surface area contributed by atoms with Crippen LogP contribution in [0, 0.1) is 0 Å². The van der Waals surface area contributed by atoms with Crippen molar-refractivity contribution in [3.05, 3.63) is 36.5 Å². The van der Waals surface area contributed by atoms with Gasteiger partial charge in [-0.1, -0.05) is 49.3 Å². The van der Waals surface area contributed by atoms with Gasteiger partial charge in [0.1, 0.15) is 0 Å². The maximum atomic E-state index is 2.31. The normalized spacial score (nSPS) is 25.2. The molecule has 1 aliphatic rings. The molecule has 0 aliphatic heterocycles. The molecule has 0 aromatic rings. The summed E-state index contributed by atoms with van der Waals surface area (Å²) in [6.07, 6.45) is 22.5. The van der Waals surface area contributed by atoms with Gasteiger partial charge in [0.25, 0.3) is 0 Å². The maximum Gasteiger partial charge on any atom is -0.0166 e. The lowest BCUT2D eigenvalue weighted by Gasteiger charge is -1.95. The molecule has 0 heteroatoms. The van der Waals surface area contributed by atoms with Crippen LogP contribution in [-0.4, -0.2) is 0 Å². The molecule has 0 unspecified atom stereocenters. The molecule has 0 saturated heterocycles. The van der Waals surface area contributed by atoms with Gasteiger partial charge < -0.3 is 0 Å². The molecular formula is C13H20. The van der Waals surface area contributed by atoms with Gasteiger partial charge in [-0.3, -0.25) is 0 Å². The number of hydrogen-bond donors (Lipinski definition) is 0. The molecule has 0 N–H and O–H groups in total. The first-order valence-electron chi connectivity index (χ1n) is 5.47. The Bertz CT molecular complexity index is 184. The van der Waals surface area contributed by atoms with Crippen molar-refractivity contribution in [3.63, 3.8) is 0 Å². The van der Waals surface area contributed by atoms with E-state index in [4.69, 9.17) is 0 Å². The molecule has 0 bridgehead atoms. The summed E-state index contributed by atoms with van der Waals surface area (Å²) in [7, 11) is 0. The third kappa shape index (κ3) is 6.39. The molecule has 72 valence electrons. The first-order valence-corrected chi connectivity index (χ1v) is 5.47. The summed E-state index contributed by atoms with van der Waals surface area (Å²) in [5.41, 5.74) is 0. The molecule has 0 spiro atoms. The fourth-order valence-corrected chi connectivity index (χ4v) is 1.50. The quantitative estimate of drug-likeness (QED) is 0.480. The molecule has 0 heterocycles. The van der Waals surface area contributed by atoms with Crippen molar-refractivity contribution >= 4 is 0 Å². The Morgan fingerprint density at radius 1 is 0.538 bits per heavy atom. The predicted molar refractivity (Wildman–Crippen MR) is 59.7 cm³/mol. The van der Waals surface area contributed by atoms with Crippen LogP contribution in [0.15, 0.2) is 36.5 Å². The van der Waals surface area contributed by atoms with E-state index >= 15 is 0 Å². The second-order valence-electron chi connectivity index (χ2n) is 3.55. The third-order valence-electron chi connectivity index (χ3n) is 2.31. The van der Waals surface area contributed by atoms with Crippen molar-refractivity contribution in [1.82, 2.24) is 0 Å². The van der Waals surface area contributed by atoms with Crippen LogP contribution < -0.4 is 0 Å². The molecule has 0 atom stereocenters. The lowest BCUT2D eigenvalue weighted by molar-refractivity contribution is 0.652. The van der Waals surface area contributed by atoms with Gasteiger partial charge in [-0.2, -0.15) is 0 Å². The lowest BCUT2D eigenvalue weighted by atomic mass is 10.1. The summed E-state index contributed by atoms with van der Waals surface area (Å²) in [6, 6.07) is 0. The van der Waals surface area contributed by atoms with Crippen LogP contribution in [0.3, 0.4) is 0 Å². The van der Waals surface area contributed by atoms with E-state index in [-0.39, 0.29) is 0 Å². The van der Waals surface area contributed by atoms with E-state index in [0.717, 1.165) is 6.42 Å². The monoisotopic (exact) mass is 176 g/mol. The highest BCUT2D eigenvalue weighted by Gasteiger charge is 1.87. The largest absolute Gasteiger partial charge is 0.0882 e. The van der Waals surface area contributed by atoms with Gasteiger partial charge >= 0.3 is 0 Å². The average Bonchev–Trinajstić information content (AvgIpc) is 2.18. The highest BCUT2D eigenvalue weighted by atomic mass is 13.9. The van der Waals surface area contributed by atoms with Crippen LogP contribution in [0.1, 0.15) is 44.9 Å². The summed E-state index contributed by atoms with van der Waals surface area (Å²) >= 11 is 0. The first-order chi connectivity index (χ1) is 6.50. The second-order valence-corrected chi connectivity index (χ2v) is 3.55. The van der Waals surface area contributed by atoms with Gasteiger partial charge in [0, 0.05) is 0 Å². The second kappa shape index (κ2) is 7.85. The molecule has 13 heavy (non-hydrogen) atoms. The Labute approximate surface area is 82.0 Å². The molecule has 0 fully saturated rings. The molecular weight excluding hydrogens is 156 g/mol. The average molecular weight is 176 g/mol. The minimum atomic E-state index is 1.09. The van der Waals surface area contributed by atoms with Crippen molar-refractivity contribution in [2.75, 3.05) is 0 Å². The maximum absolute atomic E-state index is 2.31. The third-order valence-corrected chi connectivity index (χ3v) is 2.31. The van der Waals surface area contributed by atoms with Crippen LogP contribution in [0.5, 0.6) is 0 Å². The Hall–Kier alpha value is -0.780. The van der Waals surface area contributed by atoms with Crippen molar-refractivity contribution in [3.8, 4) is 0 Å². The molecule has 0 aromatic carbocycles. The fourth-order valence-electron chi connectivity index (χ4n) is 1.50. The van der Waals surface area contributed by atoms with Crippen molar-refractivity contribution in [2.45, 2.75) is 44.9 Å². The van der Waals surface area contributed by atoms with Crippen LogP contribution in [0.2, 0.25) is 0 Å². The van der Waals surface area contributed by atoms with Crippen LogP contribution in [-0.2, 0) is 0 Å². The summed E-state index contributed by atoms with van der Waals surface area (Å²) in [5, 5.41) is 0. The van der Waals surface area contributed by atoms with E-state index in [1.165, 1.54) is 38.5 Å². The molecule has 1 aliphatic carbocycles. The van der Waals surface area contributed by atoms with Gasteiger partial charge in [0.15, 0.2) is 0 Å². The lowest BCUT2D eigenvalue weighted by Crippen LogP contribution is -1.76. The smallest absolute Gasteiger partial charge is 0.0166 e. The fraction of sp³-hybridized carbons (Fsp3) is 0.538. The first kappa shape index (κ1) is 10.3. The minimum Gasteiger partial charge on any atom is -0.0882 e. The highest BCUT2D eigenvalue weighted by molar-refractivity contribution is 5.04. The summed E-state index contributed by atoms with van der Waals surface area (Å²) < 4.78 is 0. The molecule has 0 saturated carbocycles. The Morgan fingerprint density at radius 2 is 1.23 bits per heavy atom. The van der Waals surface area contributed by atoms with E-state index in [1.807, 2.05) is 0 Å². The summed E-state index contributed by atoms with van der Waals surface area (Å²) in [5.74, 6) is 0. The number of rotatable bonds is 0. The zero-order valence-electron chi connectivity index (χ0n) is 8.41. The van der Waals surface area contributed by atoms with Crippen LogP contribution in [0.25, 0.3) is 0 Å². The van der Waals surface area contributed by atoms with E-state index in [1.54, 1.807) is 0 Å². The Morgan fingerprint density at radius 3 is 2.08 bits per heavy atom. The van der Waals surface area contributed by atoms with Crippen molar-refractivity contribution in [2.24, 2.45) is 0 Å². The molecule has 1 rings (SSSR count). The van der Waals surface area contributed by atoms with Gasteiger partial charge in [-0.15, -0.1) is 0 Å². The zero-order valence-corrected chi connectivity index (χ0v) is 8.41. The number of hydrogen-bond acceptors (Lipinski definition) is 0. The molecule has 0 amide bonds. The van der Waals surface area contributed by atoms with E-state index < -0.39 is 0 Å². The van der Waals surface area contributed by atoms with E-state index in [0.29, 0.717) is 0 Å². The summed E-state index contributed by atoms with van der Waals surface area (Å²) in [6.45, 7) is 0. The molecule has 0 nitrogen and oxygen atoms in total. The minimum absolute atomic E-state index is 1.09. The molecule has 0 aromatic heterocycles. The zero-order chi connectivity index (χ0) is 9.19. The van der Waals surface area contributed by atoms with E-state index in [9.17, 15) is 0 Å². The highest BCUT2D eigenvalue weighted by Crippen LogP contribution is 2.07. The predicted octanol–water partition coefficient (Wildman–Crippen LogP) is 4.40. The van der Waals surface area contributed by atoms with E-state index in [2.05, 4.69) is 36.5 Å². The Balaban J connectivity index is 2.29. The van der Waals surface area contributed by atoms with Gasteiger partial charge in [0.05, 0.1) is 0 Å². The standard InChI is InChI=1S/C13H20/c1-2-4-6-8-10-12-13-11-9-7-5-3-1/h1-4,7,9H,5-6,8,10-13H2/b3-1?,4-2-,9-7+. The van der Waals surface area contributed by atoms with Crippen LogP contribution >= 0.6 is 0 Å². The SMILES string of the molecule is C1=CC/C=C/CCCCCC/C=C\1. The van der Waals surface area contributed by atoms with Crippen LogP contribution in [0.4, 0.5) is 0 Å². The van der Waals surface area contributed by atoms with Gasteiger partial charge in [-0.05, 0) is 32.1 Å². The molecule has 0 radical (unpaired) electrons. The van der Waals surface area contributed by atoms with Crippen molar-refractivity contribution < 1.29 is 0 Å². The van der Waals surface area contributed by atoms with Gasteiger partial charge in [-0.25, -0.2) is 0 Å². The number of allylic oxidation sites excluding steroid dienone is 6. The van der Waals surface area contributed by atoms with Crippen molar-refractivity contribution in [1.29, 1.82) is 0 Å².